The van der Waals surface area contributed by atoms with Crippen LogP contribution in [0.25, 0.3) is 0 Å². The highest BCUT2D eigenvalue weighted by molar-refractivity contribution is 6.47. The Morgan fingerprint density at radius 1 is 1.23 bits per heavy atom. The minimum Gasteiger partial charge on any atom is -0.490 e. The molecular weight excluding hydrogens is 167 g/mol. The second-order valence-electron chi connectivity index (χ2n) is 2.47. The molecule has 0 amide bonds. The molecule has 3 nitrogen and oxygen atoms in total. The first-order chi connectivity index (χ1) is 6.29. The van der Waals surface area contributed by atoms with Crippen molar-refractivity contribution in [3.8, 4) is 5.75 Å². The van der Waals surface area contributed by atoms with E-state index >= 15 is 0 Å². The van der Waals surface area contributed by atoms with Crippen molar-refractivity contribution in [2.75, 3.05) is 6.61 Å². The molecule has 2 N–H and O–H groups in total. The van der Waals surface area contributed by atoms with Crippen molar-refractivity contribution in [1.82, 2.24) is 0 Å². The lowest BCUT2D eigenvalue weighted by atomic mass is 9.92. The van der Waals surface area contributed by atoms with Crippen molar-refractivity contribution < 1.29 is 14.8 Å². The minimum absolute atomic E-state index is 0.335. The fraction of sp³-hybridized carbons (Fsp3) is 0.111. The smallest absolute Gasteiger partial charge is 0.480 e. The zero-order valence-electron chi connectivity index (χ0n) is 7.13. The summed E-state index contributed by atoms with van der Waals surface area (Å²) in [6.45, 7) is 0.335. The number of hydrogen-bond acceptors (Lipinski definition) is 3. The number of benzene rings is 1. The maximum absolute atomic E-state index is 8.46. The molecule has 0 bridgehead atoms. The second-order valence-corrected chi connectivity index (χ2v) is 2.47. The van der Waals surface area contributed by atoms with Gasteiger partial charge in [-0.15, -0.1) is 0 Å². The molecule has 0 aliphatic carbocycles. The topological polar surface area (TPSA) is 49.7 Å². The largest absolute Gasteiger partial charge is 0.490 e. The third-order valence-corrected chi connectivity index (χ3v) is 1.40. The van der Waals surface area contributed by atoms with Gasteiger partial charge in [-0.3, -0.25) is 0 Å². The van der Waals surface area contributed by atoms with Crippen LogP contribution in [-0.4, -0.2) is 23.8 Å². The van der Waals surface area contributed by atoms with Crippen molar-refractivity contribution in [2.45, 2.75) is 0 Å². The molecule has 13 heavy (non-hydrogen) atoms. The summed E-state index contributed by atoms with van der Waals surface area (Å²) in [5, 5.41) is 16.9. The molecular formula is C9H11BO3. The Kier molecular flexibility index (Phi) is 4.08. The molecule has 0 aliphatic rings. The lowest BCUT2D eigenvalue weighted by Crippen LogP contribution is -2.06. The van der Waals surface area contributed by atoms with Gasteiger partial charge in [-0.25, -0.2) is 0 Å². The molecule has 1 rings (SSSR count). The third kappa shape index (κ3) is 4.35. The number of rotatable bonds is 4. The summed E-state index contributed by atoms with van der Waals surface area (Å²) in [5.74, 6) is 2.02. The Morgan fingerprint density at radius 2 is 1.92 bits per heavy atom. The SMILES string of the molecule is OB(O)C=CCOc1ccccc1. The summed E-state index contributed by atoms with van der Waals surface area (Å²) in [7, 11) is -1.40. The first-order valence-electron chi connectivity index (χ1n) is 3.99. The van der Waals surface area contributed by atoms with Gasteiger partial charge in [-0.2, -0.15) is 0 Å². The van der Waals surface area contributed by atoms with Gasteiger partial charge in [-0.05, 0) is 12.1 Å². The van der Waals surface area contributed by atoms with Gasteiger partial charge in [0, 0.05) is 0 Å². The zero-order valence-corrected chi connectivity index (χ0v) is 7.13. The normalized spacial score (nSPS) is 10.3. The van der Waals surface area contributed by atoms with E-state index in [9.17, 15) is 0 Å². The first-order valence-corrected chi connectivity index (χ1v) is 3.99. The van der Waals surface area contributed by atoms with E-state index < -0.39 is 7.12 Å². The molecule has 1 aromatic carbocycles. The van der Waals surface area contributed by atoms with Gasteiger partial charge < -0.3 is 14.8 Å². The fourth-order valence-corrected chi connectivity index (χ4v) is 0.838. The van der Waals surface area contributed by atoms with E-state index in [1.807, 2.05) is 30.3 Å². The Balaban J connectivity index is 2.28. The summed E-state index contributed by atoms with van der Waals surface area (Å²) in [6, 6.07) is 9.33. The maximum Gasteiger partial charge on any atom is 0.480 e. The Hall–Kier alpha value is -1.26. The van der Waals surface area contributed by atoms with E-state index in [0.29, 0.717) is 6.61 Å². The van der Waals surface area contributed by atoms with Crippen LogP contribution in [0.15, 0.2) is 42.4 Å². The monoisotopic (exact) mass is 178 g/mol. The van der Waals surface area contributed by atoms with Gasteiger partial charge in [0.05, 0.1) is 0 Å². The highest BCUT2D eigenvalue weighted by Crippen LogP contribution is 2.07. The van der Waals surface area contributed by atoms with Crippen LogP contribution >= 0.6 is 0 Å². The van der Waals surface area contributed by atoms with E-state index in [1.54, 1.807) is 6.08 Å². The molecule has 0 radical (unpaired) electrons. The molecule has 0 saturated carbocycles. The fourth-order valence-electron chi connectivity index (χ4n) is 0.838. The lowest BCUT2D eigenvalue weighted by molar-refractivity contribution is 0.362. The van der Waals surface area contributed by atoms with Crippen molar-refractivity contribution >= 4 is 7.12 Å². The molecule has 0 fully saturated rings. The molecule has 0 spiro atoms. The highest BCUT2D eigenvalue weighted by Gasteiger charge is 1.96. The summed E-state index contributed by atoms with van der Waals surface area (Å²) < 4.78 is 5.25. The highest BCUT2D eigenvalue weighted by atomic mass is 16.5. The standard InChI is InChI=1S/C9H11BO3/c11-10(12)7-4-8-13-9-5-2-1-3-6-9/h1-7,11-12H,8H2. The van der Waals surface area contributed by atoms with Gasteiger partial charge in [-0.1, -0.05) is 30.3 Å². The zero-order chi connectivity index (χ0) is 9.52. The van der Waals surface area contributed by atoms with Crippen LogP contribution in [0.5, 0.6) is 5.75 Å². The van der Waals surface area contributed by atoms with Crippen LogP contribution < -0.4 is 4.74 Å². The second kappa shape index (κ2) is 5.40. The Bertz CT molecular complexity index is 259. The summed E-state index contributed by atoms with van der Waals surface area (Å²) >= 11 is 0. The molecule has 0 saturated heterocycles. The van der Waals surface area contributed by atoms with Gasteiger partial charge >= 0.3 is 7.12 Å². The molecule has 0 aromatic heterocycles. The van der Waals surface area contributed by atoms with Crippen LogP contribution in [-0.2, 0) is 0 Å². The van der Waals surface area contributed by atoms with E-state index in [2.05, 4.69) is 0 Å². The van der Waals surface area contributed by atoms with Crippen molar-refractivity contribution in [2.24, 2.45) is 0 Å². The van der Waals surface area contributed by atoms with Crippen LogP contribution in [0.1, 0.15) is 0 Å². The number of ether oxygens (including phenoxy) is 1. The third-order valence-electron chi connectivity index (χ3n) is 1.40. The number of hydrogen-bond donors (Lipinski definition) is 2. The minimum atomic E-state index is -1.40. The average Bonchev–Trinajstić information content (AvgIpc) is 2.14. The van der Waals surface area contributed by atoms with E-state index in [0.717, 1.165) is 5.75 Å². The van der Waals surface area contributed by atoms with Crippen LogP contribution in [0, 0.1) is 0 Å². The van der Waals surface area contributed by atoms with Crippen molar-refractivity contribution in [3.05, 3.63) is 42.4 Å². The molecule has 0 aliphatic heterocycles. The molecule has 4 heteroatoms. The molecule has 0 heterocycles. The van der Waals surface area contributed by atoms with Gasteiger partial charge in [0.2, 0.25) is 0 Å². The Labute approximate surface area is 77.4 Å². The van der Waals surface area contributed by atoms with Crippen molar-refractivity contribution in [1.29, 1.82) is 0 Å². The first kappa shape index (κ1) is 9.83. The maximum atomic E-state index is 8.46. The molecule has 1 aromatic rings. The van der Waals surface area contributed by atoms with E-state index in [4.69, 9.17) is 14.8 Å². The average molecular weight is 178 g/mol. The van der Waals surface area contributed by atoms with Crippen LogP contribution in [0.3, 0.4) is 0 Å². The van der Waals surface area contributed by atoms with Gasteiger partial charge in [0.25, 0.3) is 0 Å². The van der Waals surface area contributed by atoms with Crippen molar-refractivity contribution in [3.63, 3.8) is 0 Å². The predicted octanol–water partition coefficient (Wildman–Crippen LogP) is 0.634. The quantitative estimate of drug-likeness (QED) is 0.665. The molecule has 68 valence electrons. The van der Waals surface area contributed by atoms with Crippen LogP contribution in [0.2, 0.25) is 0 Å². The molecule has 0 atom stereocenters. The predicted molar refractivity (Wildman–Crippen MR) is 51.3 cm³/mol. The van der Waals surface area contributed by atoms with E-state index in [1.165, 1.54) is 5.98 Å². The van der Waals surface area contributed by atoms with E-state index in [-0.39, 0.29) is 0 Å². The lowest BCUT2D eigenvalue weighted by Gasteiger charge is -2.00. The summed E-state index contributed by atoms with van der Waals surface area (Å²) in [5.41, 5.74) is 0. The number of para-hydroxylation sites is 1. The van der Waals surface area contributed by atoms with Gasteiger partial charge in [0.1, 0.15) is 12.4 Å². The summed E-state index contributed by atoms with van der Waals surface area (Å²) in [6.07, 6.45) is 1.55. The van der Waals surface area contributed by atoms with Crippen LogP contribution in [0.4, 0.5) is 0 Å². The van der Waals surface area contributed by atoms with Gasteiger partial charge in [0.15, 0.2) is 0 Å². The Morgan fingerprint density at radius 3 is 2.54 bits per heavy atom. The summed E-state index contributed by atoms with van der Waals surface area (Å²) in [4.78, 5) is 0. The molecule has 0 unspecified atom stereocenters.